The maximum absolute atomic E-state index is 12.2. The normalized spacial score (nSPS) is 12.0. The molecule has 0 spiro atoms. The number of nitrogens with one attached hydrogen (secondary N) is 3. The molecule has 136 valence electrons. The smallest absolute Gasteiger partial charge is 0.314 e. The molecule has 8 heteroatoms. The Kier molecular flexibility index (Phi) is 5.43. The number of anilines is 2. The van der Waals surface area contributed by atoms with Crippen LogP contribution in [-0.4, -0.2) is 10.2 Å². The van der Waals surface area contributed by atoms with Gasteiger partial charge >= 0.3 is 6.43 Å². The Morgan fingerprint density at radius 2 is 1.73 bits per heavy atom. The minimum absolute atomic E-state index is 0.123. The molecule has 4 rings (SSSR count). The fraction of sp³-hybridized carbons (Fsp3) is 0.222. The summed E-state index contributed by atoms with van der Waals surface area (Å²) in [5.74, 6) is -0.521. The van der Waals surface area contributed by atoms with Crippen molar-refractivity contribution in [3.63, 3.8) is 0 Å². The van der Waals surface area contributed by atoms with Crippen LogP contribution in [0.1, 0.15) is 30.4 Å². The van der Waals surface area contributed by atoms with Crippen LogP contribution in [0, 0.1) is 6.92 Å². The molecule has 0 radical (unpaired) electrons. The topological polar surface area (TPSA) is 75.0 Å². The Bertz CT molecular complexity index is 864. The number of rotatable bonds is 3. The van der Waals surface area contributed by atoms with Crippen molar-refractivity contribution < 1.29 is 13.2 Å². The lowest BCUT2D eigenvalue weighted by molar-refractivity contribution is 0.116. The van der Waals surface area contributed by atoms with E-state index in [-0.39, 0.29) is 5.89 Å². The molecule has 1 aliphatic rings. The lowest BCUT2D eigenvalue weighted by Crippen LogP contribution is -2.19. The predicted octanol–water partition coefficient (Wildman–Crippen LogP) is 4.49. The Balaban J connectivity index is 0.000000167. The molecule has 0 fully saturated rings. The summed E-state index contributed by atoms with van der Waals surface area (Å²) >= 11 is 0. The number of nitrogens with zero attached hydrogens (tertiary/aromatic N) is 2. The Morgan fingerprint density at radius 3 is 2.38 bits per heavy atom. The number of aryl methyl sites for hydroxylation is 2. The van der Waals surface area contributed by atoms with Crippen LogP contribution in [0.25, 0.3) is 11.5 Å². The summed E-state index contributed by atoms with van der Waals surface area (Å²) in [6.45, 7) is 4.11. The second-order valence-corrected chi connectivity index (χ2v) is 5.72. The van der Waals surface area contributed by atoms with Crippen molar-refractivity contribution in [2.45, 2.75) is 26.7 Å². The fourth-order valence-corrected chi connectivity index (χ4v) is 2.36. The monoisotopic (exact) mass is 359 g/mol. The largest absolute Gasteiger partial charge is 0.415 e. The predicted molar refractivity (Wildman–Crippen MR) is 95.6 cm³/mol. The first-order chi connectivity index (χ1) is 12.6. The maximum Gasteiger partial charge on any atom is 0.314 e. The van der Waals surface area contributed by atoms with Gasteiger partial charge in [0.15, 0.2) is 0 Å². The maximum atomic E-state index is 12.2. The molecule has 0 atom stereocenters. The Hall–Kier alpha value is -3.00. The molecular weight excluding hydrogens is 340 g/mol. The summed E-state index contributed by atoms with van der Waals surface area (Å²) in [6, 6.07) is 13.6. The third-order valence-electron chi connectivity index (χ3n) is 3.81. The van der Waals surface area contributed by atoms with Crippen molar-refractivity contribution in [2.24, 2.45) is 0 Å². The van der Waals surface area contributed by atoms with Crippen LogP contribution in [0.4, 0.5) is 20.2 Å². The van der Waals surface area contributed by atoms with Crippen LogP contribution in [-0.2, 0) is 6.42 Å². The number of fused-ring (bicyclic) bond motifs is 1. The molecular formula is C18H19F2N5O. The summed E-state index contributed by atoms with van der Waals surface area (Å²) in [5.41, 5.74) is 14.0. The average molecular weight is 359 g/mol. The lowest BCUT2D eigenvalue weighted by atomic mass is 10.1. The van der Waals surface area contributed by atoms with Gasteiger partial charge in [-0.05, 0) is 48.7 Å². The van der Waals surface area contributed by atoms with Gasteiger partial charge in [-0.1, -0.05) is 25.1 Å². The van der Waals surface area contributed by atoms with Gasteiger partial charge in [-0.15, -0.1) is 15.7 Å². The van der Waals surface area contributed by atoms with Gasteiger partial charge in [0.1, 0.15) is 0 Å². The summed E-state index contributed by atoms with van der Waals surface area (Å²) in [5, 5.41) is 6.83. The SMILES string of the molecule is CCc1ccc(-c2nnc(C(F)F)o2)cc1.Cc1ccc2c(c1)NNN2. The Morgan fingerprint density at radius 1 is 1.00 bits per heavy atom. The number of halogens is 2. The summed E-state index contributed by atoms with van der Waals surface area (Å²) in [7, 11) is 0. The molecule has 2 aromatic carbocycles. The highest BCUT2D eigenvalue weighted by atomic mass is 19.3. The molecule has 26 heavy (non-hydrogen) atoms. The second kappa shape index (κ2) is 7.92. The zero-order valence-electron chi connectivity index (χ0n) is 14.4. The summed E-state index contributed by atoms with van der Waals surface area (Å²) in [4.78, 5) is 0. The van der Waals surface area contributed by atoms with Gasteiger partial charge in [-0.3, -0.25) is 0 Å². The third-order valence-corrected chi connectivity index (χ3v) is 3.81. The molecule has 1 aromatic heterocycles. The van der Waals surface area contributed by atoms with Crippen molar-refractivity contribution >= 4 is 11.4 Å². The standard InChI is InChI=1S/C11H10F2N2O.C7H9N3/c1-2-7-3-5-8(6-4-7)10-14-15-11(16-10)9(12)13;1-5-2-3-6-7(4-5)9-10-8-6/h3-6,9H,2H2,1H3;2-4,8-10H,1H3. The molecule has 0 bridgehead atoms. The van der Waals surface area contributed by atoms with Gasteiger partial charge in [0.05, 0.1) is 11.4 Å². The first-order valence-corrected chi connectivity index (χ1v) is 8.15. The van der Waals surface area contributed by atoms with Gasteiger partial charge in [0, 0.05) is 5.56 Å². The molecule has 1 aliphatic heterocycles. The van der Waals surface area contributed by atoms with E-state index < -0.39 is 12.3 Å². The van der Waals surface area contributed by atoms with Crippen molar-refractivity contribution in [3.8, 4) is 11.5 Å². The number of aromatic nitrogens is 2. The molecule has 6 nitrogen and oxygen atoms in total. The first kappa shape index (κ1) is 17.8. The van der Waals surface area contributed by atoms with E-state index in [9.17, 15) is 8.78 Å². The van der Waals surface area contributed by atoms with Crippen LogP contribution in [0.15, 0.2) is 46.9 Å². The van der Waals surface area contributed by atoms with Crippen molar-refractivity contribution in [3.05, 3.63) is 59.5 Å². The zero-order valence-corrected chi connectivity index (χ0v) is 14.4. The van der Waals surface area contributed by atoms with Crippen molar-refractivity contribution in [1.82, 2.24) is 15.7 Å². The number of hydrazine groups is 2. The molecule has 3 aromatic rings. The number of hydrogen-bond acceptors (Lipinski definition) is 6. The van der Waals surface area contributed by atoms with Crippen LogP contribution >= 0.6 is 0 Å². The van der Waals surface area contributed by atoms with Crippen LogP contribution in [0.5, 0.6) is 0 Å². The minimum Gasteiger partial charge on any atom is -0.415 e. The van der Waals surface area contributed by atoms with E-state index in [1.54, 1.807) is 12.1 Å². The van der Waals surface area contributed by atoms with E-state index in [0.29, 0.717) is 5.56 Å². The molecule has 0 amide bonds. The molecule has 2 heterocycles. The molecule has 0 unspecified atom stereocenters. The Labute approximate surface area is 149 Å². The summed E-state index contributed by atoms with van der Waals surface area (Å²) < 4.78 is 29.3. The molecule has 0 saturated carbocycles. The molecule has 0 saturated heterocycles. The van der Waals surface area contributed by atoms with E-state index in [0.717, 1.165) is 23.4 Å². The van der Waals surface area contributed by atoms with Gasteiger partial charge in [0.25, 0.3) is 5.89 Å². The zero-order chi connectivity index (χ0) is 18.5. The number of benzene rings is 2. The highest BCUT2D eigenvalue weighted by Crippen LogP contribution is 2.24. The van der Waals surface area contributed by atoms with E-state index in [4.69, 9.17) is 4.42 Å². The van der Waals surface area contributed by atoms with Crippen LogP contribution < -0.4 is 16.4 Å². The van der Waals surface area contributed by atoms with Crippen molar-refractivity contribution in [1.29, 1.82) is 0 Å². The second-order valence-electron chi connectivity index (χ2n) is 5.72. The van der Waals surface area contributed by atoms with E-state index >= 15 is 0 Å². The quantitative estimate of drug-likeness (QED) is 0.640. The number of hydrogen-bond donors (Lipinski definition) is 3. The lowest BCUT2D eigenvalue weighted by Gasteiger charge is -1.97. The van der Waals surface area contributed by atoms with E-state index in [1.807, 2.05) is 25.1 Å². The van der Waals surface area contributed by atoms with Crippen LogP contribution in [0.2, 0.25) is 0 Å². The van der Waals surface area contributed by atoms with Crippen molar-refractivity contribution in [2.75, 3.05) is 10.9 Å². The highest BCUT2D eigenvalue weighted by Gasteiger charge is 2.16. The van der Waals surface area contributed by atoms with Gasteiger partial charge in [-0.25, -0.2) is 0 Å². The van der Waals surface area contributed by atoms with E-state index in [2.05, 4.69) is 45.6 Å². The van der Waals surface area contributed by atoms with Crippen LogP contribution in [0.3, 0.4) is 0 Å². The van der Waals surface area contributed by atoms with E-state index in [1.165, 1.54) is 5.56 Å². The summed E-state index contributed by atoms with van der Waals surface area (Å²) in [6.07, 6.45) is -1.80. The minimum atomic E-state index is -2.73. The fourth-order valence-electron chi connectivity index (χ4n) is 2.36. The average Bonchev–Trinajstić information content (AvgIpc) is 3.31. The third kappa shape index (κ3) is 4.15. The highest BCUT2D eigenvalue weighted by molar-refractivity contribution is 5.72. The van der Waals surface area contributed by atoms with Gasteiger partial charge in [0.2, 0.25) is 5.89 Å². The molecule has 0 aliphatic carbocycles. The molecule has 3 N–H and O–H groups in total. The first-order valence-electron chi connectivity index (χ1n) is 8.15. The van der Waals surface area contributed by atoms with Gasteiger partial charge < -0.3 is 15.3 Å². The van der Waals surface area contributed by atoms with Gasteiger partial charge in [-0.2, -0.15) is 8.78 Å². The number of alkyl halides is 2.